The van der Waals surface area contributed by atoms with Crippen molar-refractivity contribution >= 4 is 11.6 Å². The zero-order valence-corrected chi connectivity index (χ0v) is 16.9. The van der Waals surface area contributed by atoms with Gasteiger partial charge in [0.2, 0.25) is 0 Å². The van der Waals surface area contributed by atoms with Crippen molar-refractivity contribution in [3.8, 4) is 17.6 Å². The molecule has 0 unspecified atom stereocenters. The molecule has 0 aliphatic heterocycles. The quantitative estimate of drug-likeness (QED) is 0.698. The maximum atomic E-state index is 12.6. The zero-order chi connectivity index (χ0) is 20.5. The fourth-order valence-electron chi connectivity index (χ4n) is 2.92. The Hall–Kier alpha value is -3.04. The summed E-state index contributed by atoms with van der Waals surface area (Å²) in [6.07, 6.45) is 0. The standard InChI is InChI=1S/C22H27N3O3/c1-5-27-20-12-11-17(13-21(20)28-6-2)15(3)24-16(4)22(26)25-19-10-8-7-9-18(19)14-23/h7-13,15-16,24H,5-6H2,1-4H3,(H,25,26)/p+1/t15-,16-/m0/s1. The number of hydrogen-bond acceptors (Lipinski definition) is 4. The average Bonchev–Trinajstić information content (AvgIpc) is 2.69. The number of amides is 1. The molecule has 0 saturated carbocycles. The van der Waals surface area contributed by atoms with Gasteiger partial charge in [-0.3, -0.25) is 4.79 Å². The van der Waals surface area contributed by atoms with E-state index in [9.17, 15) is 4.79 Å². The highest BCUT2D eigenvalue weighted by Crippen LogP contribution is 2.30. The van der Waals surface area contributed by atoms with E-state index in [2.05, 4.69) is 11.4 Å². The second-order valence-electron chi connectivity index (χ2n) is 6.49. The Labute approximate surface area is 166 Å². The minimum atomic E-state index is -0.330. The third-order valence-corrected chi connectivity index (χ3v) is 4.39. The number of nitrogens with one attached hydrogen (secondary N) is 1. The van der Waals surface area contributed by atoms with Gasteiger partial charge in [0.15, 0.2) is 17.5 Å². The molecule has 0 heterocycles. The normalized spacial score (nSPS) is 12.5. The topological polar surface area (TPSA) is 88.0 Å². The van der Waals surface area contributed by atoms with Crippen molar-refractivity contribution in [1.29, 1.82) is 5.26 Å². The van der Waals surface area contributed by atoms with Gasteiger partial charge in [-0.05, 0) is 58.0 Å². The van der Waals surface area contributed by atoms with E-state index in [1.54, 1.807) is 24.3 Å². The number of nitrogens with zero attached hydrogens (tertiary/aromatic N) is 1. The number of nitriles is 1. The Morgan fingerprint density at radius 3 is 2.46 bits per heavy atom. The van der Waals surface area contributed by atoms with E-state index >= 15 is 0 Å². The average molecular weight is 382 g/mol. The summed E-state index contributed by atoms with van der Waals surface area (Å²) in [6.45, 7) is 8.88. The van der Waals surface area contributed by atoms with Crippen LogP contribution in [0.5, 0.6) is 11.5 Å². The molecule has 0 aliphatic carbocycles. The van der Waals surface area contributed by atoms with Gasteiger partial charge in [-0.15, -0.1) is 0 Å². The summed E-state index contributed by atoms with van der Waals surface area (Å²) in [5, 5.41) is 14.0. The molecule has 0 fully saturated rings. The third kappa shape index (κ3) is 5.48. The van der Waals surface area contributed by atoms with Gasteiger partial charge in [0.05, 0.1) is 24.5 Å². The molecular formula is C22H28N3O3+. The van der Waals surface area contributed by atoms with Crippen LogP contribution in [0.4, 0.5) is 5.69 Å². The van der Waals surface area contributed by atoms with Crippen LogP contribution in [0.3, 0.4) is 0 Å². The van der Waals surface area contributed by atoms with E-state index < -0.39 is 0 Å². The summed E-state index contributed by atoms with van der Waals surface area (Å²) in [7, 11) is 0. The van der Waals surface area contributed by atoms with E-state index in [-0.39, 0.29) is 18.0 Å². The predicted octanol–water partition coefficient (Wildman–Crippen LogP) is 3.01. The van der Waals surface area contributed by atoms with Crippen LogP contribution in [0.2, 0.25) is 0 Å². The van der Waals surface area contributed by atoms with Crippen LogP contribution in [-0.2, 0) is 4.79 Å². The molecule has 0 aromatic heterocycles. The van der Waals surface area contributed by atoms with Crippen LogP contribution in [0.15, 0.2) is 42.5 Å². The summed E-state index contributed by atoms with van der Waals surface area (Å²) in [4.78, 5) is 12.6. The molecule has 6 nitrogen and oxygen atoms in total. The van der Waals surface area contributed by atoms with Crippen molar-refractivity contribution in [1.82, 2.24) is 0 Å². The first kappa shape index (κ1) is 21.3. The van der Waals surface area contributed by atoms with Crippen molar-refractivity contribution < 1.29 is 19.6 Å². The van der Waals surface area contributed by atoms with Crippen LogP contribution in [0.1, 0.15) is 44.9 Å². The number of para-hydroxylation sites is 1. The van der Waals surface area contributed by atoms with Gasteiger partial charge in [0.1, 0.15) is 12.1 Å². The molecule has 1 amide bonds. The number of ether oxygens (including phenoxy) is 2. The van der Waals surface area contributed by atoms with E-state index in [1.807, 2.05) is 51.2 Å². The summed E-state index contributed by atoms with van der Waals surface area (Å²) >= 11 is 0. The SMILES string of the molecule is CCOc1ccc([C@H](C)[NH2+][C@@H](C)C(=O)Nc2ccccc2C#N)cc1OCC. The van der Waals surface area contributed by atoms with Crippen LogP contribution in [-0.4, -0.2) is 25.2 Å². The second-order valence-corrected chi connectivity index (χ2v) is 6.49. The fraction of sp³-hybridized carbons (Fsp3) is 0.364. The second kappa shape index (κ2) is 10.3. The maximum Gasteiger partial charge on any atom is 0.282 e. The van der Waals surface area contributed by atoms with Crippen LogP contribution in [0.25, 0.3) is 0 Å². The molecule has 0 bridgehead atoms. The predicted molar refractivity (Wildman–Crippen MR) is 108 cm³/mol. The molecule has 0 radical (unpaired) electrons. The van der Waals surface area contributed by atoms with Crippen LogP contribution >= 0.6 is 0 Å². The Kier molecular flexibility index (Phi) is 7.85. The van der Waals surface area contributed by atoms with E-state index in [0.29, 0.717) is 30.2 Å². The van der Waals surface area contributed by atoms with Crippen LogP contribution < -0.4 is 20.1 Å². The van der Waals surface area contributed by atoms with Crippen molar-refractivity contribution in [3.05, 3.63) is 53.6 Å². The number of nitrogens with two attached hydrogens (primary N) is 1. The molecule has 2 rings (SSSR count). The van der Waals surface area contributed by atoms with Crippen molar-refractivity contribution in [2.45, 2.75) is 39.8 Å². The molecule has 2 aromatic rings. The Bertz CT molecular complexity index is 845. The Morgan fingerprint density at radius 1 is 1.11 bits per heavy atom. The largest absolute Gasteiger partial charge is 0.490 e. The van der Waals surface area contributed by atoms with Gasteiger partial charge in [-0.1, -0.05) is 12.1 Å². The lowest BCUT2D eigenvalue weighted by atomic mass is 10.1. The first-order chi connectivity index (χ1) is 13.5. The lowest BCUT2D eigenvalue weighted by molar-refractivity contribution is -0.709. The summed E-state index contributed by atoms with van der Waals surface area (Å²) < 4.78 is 11.3. The number of benzene rings is 2. The number of carbonyl (C=O) groups excluding carboxylic acids is 1. The summed E-state index contributed by atoms with van der Waals surface area (Å²) in [6, 6.07) is 14.6. The molecule has 0 saturated heterocycles. The molecule has 6 heteroatoms. The van der Waals surface area contributed by atoms with E-state index in [4.69, 9.17) is 14.7 Å². The van der Waals surface area contributed by atoms with Gasteiger partial charge < -0.3 is 20.1 Å². The molecule has 3 N–H and O–H groups in total. The minimum absolute atomic E-state index is 0.0434. The first-order valence-electron chi connectivity index (χ1n) is 9.54. The lowest BCUT2D eigenvalue weighted by Gasteiger charge is -2.19. The molecule has 0 spiro atoms. The first-order valence-corrected chi connectivity index (χ1v) is 9.54. The van der Waals surface area contributed by atoms with Gasteiger partial charge >= 0.3 is 0 Å². The fourth-order valence-corrected chi connectivity index (χ4v) is 2.92. The summed E-state index contributed by atoms with van der Waals surface area (Å²) in [5.74, 6) is 1.28. The summed E-state index contributed by atoms with van der Waals surface area (Å²) in [5.41, 5.74) is 2.02. The molecular weight excluding hydrogens is 354 g/mol. The number of hydrogen-bond donors (Lipinski definition) is 2. The molecule has 148 valence electrons. The number of quaternary nitrogens is 1. The van der Waals surface area contributed by atoms with Crippen molar-refractivity contribution in [2.24, 2.45) is 0 Å². The van der Waals surface area contributed by atoms with Gasteiger partial charge in [0.25, 0.3) is 5.91 Å². The maximum absolute atomic E-state index is 12.6. The molecule has 28 heavy (non-hydrogen) atoms. The lowest BCUT2D eigenvalue weighted by Crippen LogP contribution is -2.91. The minimum Gasteiger partial charge on any atom is -0.490 e. The molecule has 2 atom stereocenters. The molecule has 2 aromatic carbocycles. The Balaban J connectivity index is 2.06. The highest BCUT2D eigenvalue weighted by Gasteiger charge is 2.22. The molecule has 0 aliphatic rings. The van der Waals surface area contributed by atoms with E-state index in [1.165, 1.54) is 0 Å². The number of carbonyl (C=O) groups is 1. The number of anilines is 1. The number of rotatable bonds is 9. The van der Waals surface area contributed by atoms with Crippen LogP contribution in [0, 0.1) is 11.3 Å². The van der Waals surface area contributed by atoms with Crippen molar-refractivity contribution in [3.63, 3.8) is 0 Å². The monoisotopic (exact) mass is 382 g/mol. The zero-order valence-electron chi connectivity index (χ0n) is 16.9. The van der Waals surface area contributed by atoms with Crippen molar-refractivity contribution in [2.75, 3.05) is 18.5 Å². The van der Waals surface area contributed by atoms with Gasteiger partial charge in [-0.2, -0.15) is 5.26 Å². The highest BCUT2D eigenvalue weighted by atomic mass is 16.5. The third-order valence-electron chi connectivity index (χ3n) is 4.39. The Morgan fingerprint density at radius 2 is 1.79 bits per heavy atom. The van der Waals surface area contributed by atoms with Gasteiger partial charge in [-0.25, -0.2) is 0 Å². The van der Waals surface area contributed by atoms with E-state index in [0.717, 1.165) is 11.3 Å². The highest BCUT2D eigenvalue weighted by molar-refractivity contribution is 5.94. The van der Waals surface area contributed by atoms with Gasteiger partial charge in [0, 0.05) is 5.56 Å². The smallest absolute Gasteiger partial charge is 0.282 e.